The number of aliphatic carboxylic acids is 1. The molecule has 0 unspecified atom stereocenters. The number of hydrogen-bond donors (Lipinski definition) is 2. The highest BCUT2D eigenvalue weighted by atomic mass is 16.4. The van der Waals surface area contributed by atoms with E-state index in [1.54, 1.807) is 13.1 Å². The summed E-state index contributed by atoms with van der Waals surface area (Å²) in [6, 6.07) is 0. The van der Waals surface area contributed by atoms with Gasteiger partial charge in [-0.3, -0.25) is 9.59 Å². The Bertz CT molecular complexity index is 423. The van der Waals surface area contributed by atoms with Gasteiger partial charge in [0.2, 0.25) is 11.8 Å². The molecular weight excluding hydrogens is 224 g/mol. The number of carbonyl (C=O) groups excluding carboxylic acids is 1. The van der Waals surface area contributed by atoms with E-state index in [1.165, 1.54) is 13.8 Å². The second kappa shape index (κ2) is 4.99. The smallest absolute Gasteiger partial charge is 0.309 e. The Labute approximate surface area is 99.0 Å². The molecule has 2 N–H and O–H groups in total. The zero-order chi connectivity index (χ0) is 13.1. The molecule has 0 radical (unpaired) electrons. The minimum atomic E-state index is -1.07. The van der Waals surface area contributed by atoms with E-state index in [0.29, 0.717) is 11.7 Å². The maximum absolute atomic E-state index is 11.5. The van der Waals surface area contributed by atoms with E-state index < -0.39 is 11.4 Å². The number of aryl methyl sites for hydroxylation is 1. The predicted octanol–water partition coefficient (Wildman–Crippen LogP) is 1.10. The Hall–Kier alpha value is -1.85. The van der Waals surface area contributed by atoms with Crippen LogP contribution in [0.25, 0.3) is 0 Å². The fourth-order valence-electron chi connectivity index (χ4n) is 1.20. The summed E-state index contributed by atoms with van der Waals surface area (Å²) < 4.78 is 5.17. The van der Waals surface area contributed by atoms with Crippen molar-refractivity contribution in [1.29, 1.82) is 0 Å². The van der Waals surface area contributed by atoms with Gasteiger partial charge >= 0.3 is 5.97 Å². The molecular formula is C11H16N2O4. The zero-order valence-corrected chi connectivity index (χ0v) is 10.1. The number of carbonyl (C=O) groups is 2. The molecule has 1 aromatic heterocycles. The van der Waals surface area contributed by atoms with E-state index in [2.05, 4.69) is 10.3 Å². The highest BCUT2D eigenvalue weighted by Gasteiger charge is 2.30. The topological polar surface area (TPSA) is 92.4 Å². The van der Waals surface area contributed by atoms with Crippen molar-refractivity contribution < 1.29 is 19.1 Å². The van der Waals surface area contributed by atoms with Gasteiger partial charge in [-0.25, -0.2) is 4.98 Å². The van der Waals surface area contributed by atoms with Gasteiger partial charge in [-0.05, 0) is 20.8 Å². The maximum Gasteiger partial charge on any atom is 0.309 e. The van der Waals surface area contributed by atoms with Crippen LogP contribution in [0.4, 0.5) is 0 Å². The van der Waals surface area contributed by atoms with Crippen LogP contribution < -0.4 is 5.32 Å². The summed E-state index contributed by atoms with van der Waals surface area (Å²) in [6.45, 7) is 4.93. The van der Waals surface area contributed by atoms with Gasteiger partial charge in [-0.2, -0.15) is 0 Å². The molecule has 6 nitrogen and oxygen atoms in total. The van der Waals surface area contributed by atoms with Crippen molar-refractivity contribution in [3.05, 3.63) is 17.8 Å². The van der Waals surface area contributed by atoms with Crippen molar-refractivity contribution in [3.8, 4) is 0 Å². The van der Waals surface area contributed by atoms with Gasteiger partial charge in [0, 0.05) is 6.42 Å². The van der Waals surface area contributed by atoms with Gasteiger partial charge in [0.15, 0.2) is 0 Å². The van der Waals surface area contributed by atoms with Gasteiger partial charge in [0.25, 0.3) is 0 Å². The van der Waals surface area contributed by atoms with Crippen molar-refractivity contribution in [2.45, 2.75) is 33.7 Å². The monoisotopic (exact) mass is 240 g/mol. The van der Waals surface area contributed by atoms with Crippen molar-refractivity contribution in [2.75, 3.05) is 0 Å². The average Bonchev–Trinajstić information content (AvgIpc) is 2.60. The quantitative estimate of drug-likeness (QED) is 0.804. The first kappa shape index (κ1) is 13.2. The Kier molecular flexibility index (Phi) is 3.88. The summed E-state index contributed by atoms with van der Waals surface area (Å²) in [5, 5.41) is 11.4. The number of nitrogens with zero attached hydrogens (tertiary/aromatic N) is 1. The molecule has 0 aromatic carbocycles. The molecule has 1 heterocycles. The lowest BCUT2D eigenvalue weighted by molar-refractivity contribution is -0.149. The fraction of sp³-hybridized carbons (Fsp3) is 0.545. The second-order valence-electron chi connectivity index (χ2n) is 4.51. The van der Waals surface area contributed by atoms with E-state index >= 15 is 0 Å². The van der Waals surface area contributed by atoms with Crippen LogP contribution >= 0.6 is 0 Å². The lowest BCUT2D eigenvalue weighted by Gasteiger charge is -2.17. The Morgan fingerprint density at radius 3 is 2.65 bits per heavy atom. The van der Waals surface area contributed by atoms with Crippen LogP contribution in [-0.4, -0.2) is 22.0 Å². The minimum Gasteiger partial charge on any atom is -0.481 e. The first-order valence-electron chi connectivity index (χ1n) is 5.22. The molecule has 0 aliphatic carbocycles. The zero-order valence-electron chi connectivity index (χ0n) is 10.1. The van der Waals surface area contributed by atoms with Crippen molar-refractivity contribution in [2.24, 2.45) is 5.41 Å². The summed E-state index contributed by atoms with van der Waals surface area (Å²) in [5.41, 5.74) is -1.07. The van der Waals surface area contributed by atoms with Crippen LogP contribution in [0.3, 0.4) is 0 Å². The number of carboxylic acids is 1. The van der Waals surface area contributed by atoms with Crippen molar-refractivity contribution in [1.82, 2.24) is 10.3 Å². The molecule has 0 bridgehead atoms. The number of amides is 1. The third kappa shape index (κ3) is 3.90. The third-order valence-corrected chi connectivity index (χ3v) is 2.29. The van der Waals surface area contributed by atoms with Crippen LogP contribution in [0.2, 0.25) is 0 Å². The number of carboxylic acid groups (broad SMARTS) is 1. The van der Waals surface area contributed by atoms with E-state index in [4.69, 9.17) is 9.52 Å². The minimum absolute atomic E-state index is 0.0813. The SMILES string of the molecule is Cc1cnc(CNC(=O)CC(C)(C)C(=O)O)o1. The molecule has 0 aliphatic heterocycles. The predicted molar refractivity (Wildman–Crippen MR) is 59.1 cm³/mol. The molecule has 0 atom stereocenters. The molecule has 0 saturated heterocycles. The van der Waals surface area contributed by atoms with Gasteiger partial charge in [0.05, 0.1) is 18.2 Å². The van der Waals surface area contributed by atoms with E-state index in [-0.39, 0.29) is 18.9 Å². The number of oxazole rings is 1. The van der Waals surface area contributed by atoms with Gasteiger partial charge in [-0.1, -0.05) is 0 Å². The largest absolute Gasteiger partial charge is 0.481 e. The Morgan fingerprint density at radius 2 is 2.18 bits per heavy atom. The van der Waals surface area contributed by atoms with Crippen LogP contribution in [0, 0.1) is 12.3 Å². The molecule has 1 amide bonds. The molecule has 0 aliphatic rings. The molecule has 6 heteroatoms. The highest BCUT2D eigenvalue weighted by Crippen LogP contribution is 2.20. The molecule has 0 saturated carbocycles. The van der Waals surface area contributed by atoms with Gasteiger partial charge in [0.1, 0.15) is 5.76 Å². The van der Waals surface area contributed by atoms with E-state index in [1.807, 2.05) is 0 Å². The number of aromatic nitrogens is 1. The summed E-state index contributed by atoms with van der Waals surface area (Å²) >= 11 is 0. The van der Waals surface area contributed by atoms with E-state index in [9.17, 15) is 9.59 Å². The normalized spacial score (nSPS) is 11.2. The molecule has 94 valence electrons. The molecule has 1 rings (SSSR count). The van der Waals surface area contributed by atoms with Gasteiger partial charge < -0.3 is 14.8 Å². The standard InChI is InChI=1S/C11H16N2O4/c1-7-5-13-9(17-7)6-12-8(14)4-11(2,3)10(15)16/h5H,4,6H2,1-3H3,(H,12,14)(H,15,16). The number of nitrogens with one attached hydrogen (secondary N) is 1. The lowest BCUT2D eigenvalue weighted by Crippen LogP contribution is -2.33. The Balaban J connectivity index is 2.43. The first-order valence-corrected chi connectivity index (χ1v) is 5.22. The first-order chi connectivity index (χ1) is 7.81. The fourth-order valence-corrected chi connectivity index (χ4v) is 1.20. The van der Waals surface area contributed by atoms with Crippen LogP contribution in [0.1, 0.15) is 31.9 Å². The van der Waals surface area contributed by atoms with Crippen molar-refractivity contribution in [3.63, 3.8) is 0 Å². The molecule has 0 spiro atoms. The maximum atomic E-state index is 11.5. The summed E-state index contributed by atoms with van der Waals surface area (Å²) in [6.07, 6.45) is 1.48. The molecule has 1 aromatic rings. The second-order valence-corrected chi connectivity index (χ2v) is 4.51. The summed E-state index contributed by atoms with van der Waals surface area (Å²) in [4.78, 5) is 26.2. The van der Waals surface area contributed by atoms with Crippen molar-refractivity contribution >= 4 is 11.9 Å². The van der Waals surface area contributed by atoms with Crippen LogP contribution in [0.5, 0.6) is 0 Å². The van der Waals surface area contributed by atoms with Gasteiger partial charge in [-0.15, -0.1) is 0 Å². The third-order valence-electron chi connectivity index (χ3n) is 2.29. The Morgan fingerprint density at radius 1 is 1.53 bits per heavy atom. The summed E-state index contributed by atoms with van der Waals surface area (Å²) in [7, 11) is 0. The van der Waals surface area contributed by atoms with Crippen LogP contribution in [0.15, 0.2) is 10.6 Å². The highest BCUT2D eigenvalue weighted by molar-refractivity contribution is 5.84. The van der Waals surface area contributed by atoms with E-state index in [0.717, 1.165) is 0 Å². The number of hydrogen-bond acceptors (Lipinski definition) is 4. The number of rotatable bonds is 5. The molecule has 0 fully saturated rings. The van der Waals surface area contributed by atoms with Crippen LogP contribution in [-0.2, 0) is 16.1 Å². The average molecular weight is 240 g/mol. The summed E-state index contributed by atoms with van der Waals surface area (Å²) in [5.74, 6) is -0.267. The molecule has 17 heavy (non-hydrogen) atoms. The lowest BCUT2D eigenvalue weighted by atomic mass is 9.89.